The zero-order valence-corrected chi connectivity index (χ0v) is 14.3. The normalized spacial score (nSPS) is 12.1. The Morgan fingerprint density at radius 1 is 1.12 bits per heavy atom. The van der Waals surface area contributed by atoms with E-state index in [-0.39, 0.29) is 0 Å². The van der Waals surface area contributed by atoms with Gasteiger partial charge in [0.1, 0.15) is 10.8 Å². The molecule has 4 nitrogen and oxygen atoms in total. The molecule has 0 radical (unpaired) electrons. The molecule has 3 rings (SSSR count). The average Bonchev–Trinajstić information content (AvgIpc) is 3.11. The van der Waals surface area contributed by atoms with Crippen LogP contribution in [0.2, 0.25) is 0 Å². The van der Waals surface area contributed by atoms with Crippen LogP contribution in [-0.2, 0) is 6.54 Å². The summed E-state index contributed by atoms with van der Waals surface area (Å²) in [5, 5.41) is 14.5. The van der Waals surface area contributed by atoms with E-state index in [0.717, 1.165) is 26.8 Å². The minimum absolute atomic E-state index is 0.491. The number of hydrogen-bond acceptors (Lipinski definition) is 5. The summed E-state index contributed by atoms with van der Waals surface area (Å²) in [6.45, 7) is 1.18. The fourth-order valence-electron chi connectivity index (χ4n) is 2.38. The van der Waals surface area contributed by atoms with E-state index >= 15 is 0 Å². The van der Waals surface area contributed by atoms with Crippen LogP contribution < -0.4 is 10.1 Å². The van der Waals surface area contributed by atoms with Crippen molar-refractivity contribution < 1.29 is 9.84 Å². The molecule has 5 heteroatoms. The van der Waals surface area contributed by atoms with Gasteiger partial charge in [0, 0.05) is 29.7 Å². The first-order chi connectivity index (χ1) is 11.8. The van der Waals surface area contributed by atoms with Crippen LogP contribution in [0.3, 0.4) is 0 Å². The quantitative estimate of drug-likeness (QED) is 0.689. The summed E-state index contributed by atoms with van der Waals surface area (Å²) in [5.74, 6) is 0.789. The van der Waals surface area contributed by atoms with Gasteiger partial charge >= 0.3 is 0 Å². The van der Waals surface area contributed by atoms with Crippen LogP contribution in [0.25, 0.3) is 10.6 Å². The fourth-order valence-corrected chi connectivity index (χ4v) is 3.27. The van der Waals surface area contributed by atoms with Gasteiger partial charge in [-0.15, -0.1) is 11.3 Å². The van der Waals surface area contributed by atoms with Crippen LogP contribution in [0, 0.1) is 0 Å². The van der Waals surface area contributed by atoms with Gasteiger partial charge < -0.3 is 15.2 Å². The lowest BCUT2D eigenvalue weighted by molar-refractivity contribution is 0.174. The molecule has 3 aromatic rings. The van der Waals surface area contributed by atoms with Gasteiger partial charge in [-0.3, -0.25) is 0 Å². The summed E-state index contributed by atoms with van der Waals surface area (Å²) in [6.07, 6.45) is 1.34. The van der Waals surface area contributed by atoms with E-state index in [0.29, 0.717) is 13.1 Å². The van der Waals surface area contributed by atoms with Gasteiger partial charge in [-0.25, -0.2) is 4.98 Å². The highest BCUT2D eigenvalue weighted by Gasteiger charge is 2.08. The molecule has 0 aliphatic carbocycles. The highest BCUT2D eigenvalue weighted by molar-refractivity contribution is 7.15. The van der Waals surface area contributed by atoms with Crippen molar-refractivity contribution in [2.75, 3.05) is 13.7 Å². The number of nitrogens with one attached hydrogen (secondary N) is 1. The molecule has 0 bridgehead atoms. The second kappa shape index (κ2) is 8.06. The topological polar surface area (TPSA) is 54.4 Å². The number of thiazole rings is 1. The van der Waals surface area contributed by atoms with Crippen molar-refractivity contribution in [1.29, 1.82) is 0 Å². The molecule has 0 aliphatic rings. The van der Waals surface area contributed by atoms with Gasteiger partial charge in [0.2, 0.25) is 0 Å². The third-order valence-electron chi connectivity index (χ3n) is 3.71. The van der Waals surface area contributed by atoms with Crippen LogP contribution in [0.5, 0.6) is 5.75 Å². The lowest BCUT2D eigenvalue weighted by Crippen LogP contribution is -2.20. The first kappa shape index (κ1) is 16.6. The number of benzene rings is 2. The number of methoxy groups -OCH3 is 1. The molecule has 0 aliphatic heterocycles. The highest BCUT2D eigenvalue weighted by atomic mass is 32.1. The number of aliphatic hydroxyl groups is 1. The van der Waals surface area contributed by atoms with E-state index in [4.69, 9.17) is 4.74 Å². The summed E-state index contributed by atoms with van der Waals surface area (Å²) in [5.41, 5.74) is 2.00. The van der Waals surface area contributed by atoms with Crippen molar-refractivity contribution in [1.82, 2.24) is 10.3 Å². The summed E-state index contributed by atoms with van der Waals surface area (Å²) in [6, 6.07) is 17.6. The summed E-state index contributed by atoms with van der Waals surface area (Å²) in [4.78, 5) is 5.61. The maximum Gasteiger partial charge on any atom is 0.123 e. The number of nitrogens with zero attached hydrogens (tertiary/aromatic N) is 1. The van der Waals surface area contributed by atoms with Gasteiger partial charge in [0.15, 0.2) is 0 Å². The van der Waals surface area contributed by atoms with E-state index in [2.05, 4.69) is 22.4 Å². The SMILES string of the molecule is COc1ccc([C@@H](O)CNCc2cnc(-c3ccccc3)s2)cc1. The molecule has 1 aromatic heterocycles. The maximum atomic E-state index is 10.2. The van der Waals surface area contributed by atoms with Gasteiger partial charge in [-0.2, -0.15) is 0 Å². The lowest BCUT2D eigenvalue weighted by atomic mass is 10.1. The molecular formula is C19H20N2O2S. The predicted octanol–water partition coefficient (Wildman–Crippen LogP) is 3.64. The van der Waals surface area contributed by atoms with E-state index in [1.807, 2.05) is 48.7 Å². The Balaban J connectivity index is 1.52. The Labute approximate surface area is 145 Å². The van der Waals surface area contributed by atoms with Gasteiger partial charge in [-0.1, -0.05) is 42.5 Å². The van der Waals surface area contributed by atoms with Crippen molar-refractivity contribution in [3.8, 4) is 16.3 Å². The Morgan fingerprint density at radius 2 is 1.88 bits per heavy atom. The molecule has 0 fully saturated rings. The van der Waals surface area contributed by atoms with Gasteiger partial charge in [0.05, 0.1) is 13.2 Å². The van der Waals surface area contributed by atoms with Crippen LogP contribution >= 0.6 is 11.3 Å². The third kappa shape index (κ3) is 4.20. The van der Waals surface area contributed by atoms with Crippen molar-refractivity contribution >= 4 is 11.3 Å². The standard InChI is InChI=1S/C19H20N2O2S/c1-23-16-9-7-14(8-10-16)18(22)13-20-11-17-12-21-19(24-17)15-5-3-2-4-6-15/h2-10,12,18,20,22H,11,13H2,1H3/t18-/m0/s1. The van der Waals surface area contributed by atoms with Crippen LogP contribution in [0.15, 0.2) is 60.8 Å². The zero-order chi connectivity index (χ0) is 16.8. The van der Waals surface area contributed by atoms with Crippen LogP contribution in [-0.4, -0.2) is 23.7 Å². The highest BCUT2D eigenvalue weighted by Crippen LogP contribution is 2.24. The Kier molecular flexibility index (Phi) is 5.59. The minimum atomic E-state index is -0.544. The molecule has 2 aromatic carbocycles. The smallest absolute Gasteiger partial charge is 0.123 e. The molecule has 0 saturated heterocycles. The predicted molar refractivity (Wildman–Crippen MR) is 97.2 cm³/mol. The van der Waals surface area contributed by atoms with E-state index < -0.39 is 6.10 Å². The van der Waals surface area contributed by atoms with Crippen molar-refractivity contribution in [2.45, 2.75) is 12.6 Å². The molecule has 0 saturated carbocycles. The van der Waals surface area contributed by atoms with Crippen molar-refractivity contribution in [2.24, 2.45) is 0 Å². The Bertz CT molecular complexity index is 757. The fraction of sp³-hybridized carbons (Fsp3) is 0.211. The summed E-state index contributed by atoms with van der Waals surface area (Å²) < 4.78 is 5.12. The van der Waals surface area contributed by atoms with Crippen LogP contribution in [0.4, 0.5) is 0 Å². The molecule has 0 unspecified atom stereocenters. The molecule has 0 spiro atoms. The van der Waals surface area contributed by atoms with E-state index in [1.54, 1.807) is 18.4 Å². The minimum Gasteiger partial charge on any atom is -0.497 e. The summed E-state index contributed by atoms with van der Waals surface area (Å²) in [7, 11) is 1.63. The zero-order valence-electron chi connectivity index (χ0n) is 13.5. The third-order valence-corrected chi connectivity index (χ3v) is 4.76. The largest absolute Gasteiger partial charge is 0.497 e. The number of aliphatic hydroxyl groups excluding tert-OH is 1. The Morgan fingerprint density at radius 3 is 2.58 bits per heavy atom. The van der Waals surface area contributed by atoms with Crippen molar-refractivity contribution in [3.05, 3.63) is 71.2 Å². The van der Waals surface area contributed by atoms with Gasteiger partial charge in [0.25, 0.3) is 0 Å². The molecule has 24 heavy (non-hydrogen) atoms. The van der Waals surface area contributed by atoms with E-state index in [9.17, 15) is 5.11 Å². The van der Waals surface area contributed by atoms with E-state index in [1.165, 1.54) is 0 Å². The molecule has 1 heterocycles. The van der Waals surface area contributed by atoms with Gasteiger partial charge in [-0.05, 0) is 17.7 Å². The number of aromatic nitrogens is 1. The Hall–Kier alpha value is -2.21. The van der Waals surface area contributed by atoms with Crippen LogP contribution in [0.1, 0.15) is 16.5 Å². The van der Waals surface area contributed by atoms with Crippen molar-refractivity contribution in [3.63, 3.8) is 0 Å². The average molecular weight is 340 g/mol. The number of ether oxygens (including phenoxy) is 1. The number of hydrogen-bond donors (Lipinski definition) is 2. The molecular weight excluding hydrogens is 320 g/mol. The first-order valence-corrected chi connectivity index (χ1v) is 8.61. The molecule has 2 N–H and O–H groups in total. The molecule has 1 atom stereocenters. The second-order valence-corrected chi connectivity index (χ2v) is 6.53. The number of rotatable bonds is 7. The lowest BCUT2D eigenvalue weighted by Gasteiger charge is -2.12. The second-order valence-electron chi connectivity index (χ2n) is 5.42. The molecule has 124 valence electrons. The maximum absolute atomic E-state index is 10.2. The first-order valence-electron chi connectivity index (χ1n) is 7.79. The monoisotopic (exact) mass is 340 g/mol. The molecule has 0 amide bonds. The summed E-state index contributed by atoms with van der Waals surface area (Å²) >= 11 is 1.67.